The molecule has 0 bridgehead atoms. The lowest BCUT2D eigenvalue weighted by atomic mass is 10.0. The molecule has 1 aliphatic heterocycles. The van der Waals surface area contributed by atoms with Crippen LogP contribution in [-0.2, 0) is 4.79 Å². The molecule has 2 heterocycles. The number of rotatable bonds is 3. The Morgan fingerprint density at radius 2 is 2.16 bits per heavy atom. The Labute approximate surface area is 118 Å². The van der Waals surface area contributed by atoms with Crippen LogP contribution in [0.2, 0.25) is 5.15 Å². The van der Waals surface area contributed by atoms with E-state index in [1.165, 1.54) is 0 Å². The van der Waals surface area contributed by atoms with Gasteiger partial charge in [-0.1, -0.05) is 11.6 Å². The molecule has 1 aromatic rings. The summed E-state index contributed by atoms with van der Waals surface area (Å²) in [6.07, 6.45) is 1.60. The molecule has 1 amide bonds. The number of anilines is 1. The molecule has 19 heavy (non-hydrogen) atoms. The van der Waals surface area contributed by atoms with Crippen LogP contribution in [0, 0.1) is 0 Å². The third-order valence-electron chi connectivity index (χ3n) is 3.47. The van der Waals surface area contributed by atoms with Crippen LogP contribution in [0.5, 0.6) is 0 Å². The molecule has 0 radical (unpaired) electrons. The average Bonchev–Trinajstić information content (AvgIpc) is 2.42. The molecule has 0 spiro atoms. The monoisotopic (exact) mass is 282 g/mol. The van der Waals surface area contributed by atoms with Crippen LogP contribution in [-0.4, -0.2) is 47.5 Å². The maximum atomic E-state index is 12.4. The lowest BCUT2D eigenvalue weighted by Gasteiger charge is -2.39. The van der Waals surface area contributed by atoms with E-state index in [-0.39, 0.29) is 5.91 Å². The molecule has 1 aromatic heterocycles. The highest BCUT2D eigenvalue weighted by molar-refractivity contribution is 6.32. The zero-order chi connectivity index (χ0) is 13.9. The lowest BCUT2D eigenvalue weighted by Crippen LogP contribution is -2.58. The van der Waals surface area contributed by atoms with E-state index in [4.69, 9.17) is 11.6 Å². The smallest absolute Gasteiger partial charge is 0.244 e. The second-order valence-electron chi connectivity index (χ2n) is 5.09. The highest BCUT2D eigenvalue weighted by Crippen LogP contribution is 2.22. The highest BCUT2D eigenvalue weighted by Gasteiger charge is 2.35. The Morgan fingerprint density at radius 1 is 1.47 bits per heavy atom. The summed E-state index contributed by atoms with van der Waals surface area (Å²) in [5, 5.41) is 6.44. The number of nitrogens with one attached hydrogen (secondary N) is 2. The van der Waals surface area contributed by atoms with Crippen LogP contribution in [0.15, 0.2) is 18.3 Å². The van der Waals surface area contributed by atoms with Gasteiger partial charge in [-0.15, -0.1) is 0 Å². The van der Waals surface area contributed by atoms with E-state index in [9.17, 15) is 4.79 Å². The van der Waals surface area contributed by atoms with Gasteiger partial charge in [0, 0.05) is 32.4 Å². The summed E-state index contributed by atoms with van der Waals surface area (Å²) in [7, 11) is 0. The van der Waals surface area contributed by atoms with Crippen LogP contribution in [0.1, 0.15) is 13.8 Å². The number of nitrogens with zero attached hydrogens (tertiary/aromatic N) is 2. The maximum absolute atomic E-state index is 12.4. The molecular weight excluding hydrogens is 264 g/mol. The maximum Gasteiger partial charge on any atom is 0.244 e. The van der Waals surface area contributed by atoms with Crippen LogP contribution in [0.3, 0.4) is 0 Å². The zero-order valence-corrected chi connectivity index (χ0v) is 12.0. The summed E-state index contributed by atoms with van der Waals surface area (Å²) in [4.78, 5) is 18.5. The van der Waals surface area contributed by atoms with Crippen LogP contribution >= 0.6 is 11.6 Å². The number of aromatic nitrogens is 1. The topological polar surface area (TPSA) is 57.3 Å². The molecule has 1 aliphatic rings. The Balaban J connectivity index is 2.08. The summed E-state index contributed by atoms with van der Waals surface area (Å²) < 4.78 is 0. The van der Waals surface area contributed by atoms with E-state index < -0.39 is 5.54 Å². The minimum absolute atomic E-state index is 0.0655. The third-order valence-corrected chi connectivity index (χ3v) is 3.77. The van der Waals surface area contributed by atoms with E-state index in [0.717, 1.165) is 26.2 Å². The van der Waals surface area contributed by atoms with Crippen LogP contribution in [0.25, 0.3) is 0 Å². The van der Waals surface area contributed by atoms with Crippen molar-refractivity contribution in [3.05, 3.63) is 23.5 Å². The Bertz CT molecular complexity index is 458. The van der Waals surface area contributed by atoms with Crippen molar-refractivity contribution >= 4 is 23.2 Å². The van der Waals surface area contributed by atoms with Crippen molar-refractivity contribution in [3.63, 3.8) is 0 Å². The number of hydrogen-bond donors (Lipinski definition) is 2. The van der Waals surface area contributed by atoms with Gasteiger partial charge in [0.15, 0.2) is 5.15 Å². The SMILES string of the molecule is CC(C)(C(=O)Nc1cccnc1Cl)N1CCNCC1. The normalized spacial score (nSPS) is 17.2. The van der Waals surface area contributed by atoms with Crippen molar-refractivity contribution in [3.8, 4) is 0 Å². The van der Waals surface area contributed by atoms with Crippen molar-refractivity contribution in [2.45, 2.75) is 19.4 Å². The summed E-state index contributed by atoms with van der Waals surface area (Å²) in [6, 6.07) is 3.50. The van der Waals surface area contributed by atoms with Gasteiger partial charge in [-0.05, 0) is 26.0 Å². The number of carbonyl (C=O) groups is 1. The molecule has 0 atom stereocenters. The molecule has 5 nitrogen and oxygen atoms in total. The van der Waals surface area contributed by atoms with E-state index in [2.05, 4.69) is 20.5 Å². The molecule has 2 rings (SSSR count). The fourth-order valence-corrected chi connectivity index (χ4v) is 2.29. The molecule has 0 saturated carbocycles. The fraction of sp³-hybridized carbons (Fsp3) is 0.538. The van der Waals surface area contributed by atoms with Gasteiger partial charge in [0.05, 0.1) is 11.2 Å². The molecule has 1 fully saturated rings. The zero-order valence-electron chi connectivity index (χ0n) is 11.2. The van der Waals surface area contributed by atoms with Crippen molar-refractivity contribution in [2.24, 2.45) is 0 Å². The highest BCUT2D eigenvalue weighted by atomic mass is 35.5. The van der Waals surface area contributed by atoms with E-state index >= 15 is 0 Å². The van der Waals surface area contributed by atoms with Gasteiger partial charge in [0.1, 0.15) is 0 Å². The molecule has 0 aliphatic carbocycles. The van der Waals surface area contributed by atoms with E-state index in [1.54, 1.807) is 18.3 Å². The number of carbonyl (C=O) groups excluding carboxylic acids is 1. The molecule has 0 aromatic carbocycles. The minimum atomic E-state index is -0.568. The Hall–Kier alpha value is -1.17. The second kappa shape index (κ2) is 5.86. The van der Waals surface area contributed by atoms with Crippen molar-refractivity contribution in [1.29, 1.82) is 0 Å². The largest absolute Gasteiger partial charge is 0.322 e. The third kappa shape index (κ3) is 3.23. The lowest BCUT2D eigenvalue weighted by molar-refractivity contribution is -0.126. The first-order chi connectivity index (χ1) is 9.01. The predicted octanol–water partition coefficient (Wildman–Crippen LogP) is 1.36. The molecular formula is C13H19ClN4O. The molecule has 1 saturated heterocycles. The van der Waals surface area contributed by atoms with Gasteiger partial charge in [-0.3, -0.25) is 9.69 Å². The van der Waals surface area contributed by atoms with Gasteiger partial charge in [-0.2, -0.15) is 0 Å². The van der Waals surface area contributed by atoms with Gasteiger partial charge < -0.3 is 10.6 Å². The van der Waals surface area contributed by atoms with E-state index in [0.29, 0.717) is 10.8 Å². The Kier molecular flexibility index (Phi) is 4.39. The standard InChI is InChI=1S/C13H19ClN4O/c1-13(2,18-8-6-15-7-9-18)12(19)17-10-4-3-5-16-11(10)14/h3-5,15H,6-9H2,1-2H3,(H,17,19). The number of hydrogen-bond acceptors (Lipinski definition) is 4. The summed E-state index contributed by atoms with van der Waals surface area (Å²) in [5.74, 6) is -0.0655. The van der Waals surface area contributed by atoms with Gasteiger partial charge in [0.2, 0.25) is 5.91 Å². The van der Waals surface area contributed by atoms with Gasteiger partial charge >= 0.3 is 0 Å². The summed E-state index contributed by atoms with van der Waals surface area (Å²) in [5.41, 5.74) is -0.0151. The first-order valence-corrected chi connectivity index (χ1v) is 6.77. The minimum Gasteiger partial charge on any atom is -0.322 e. The first kappa shape index (κ1) is 14.2. The molecule has 2 N–H and O–H groups in total. The number of amides is 1. The number of halogens is 1. The molecule has 6 heteroatoms. The average molecular weight is 283 g/mol. The fourth-order valence-electron chi connectivity index (χ4n) is 2.12. The predicted molar refractivity (Wildman–Crippen MR) is 76.4 cm³/mol. The number of piperazine rings is 1. The number of pyridine rings is 1. The molecule has 104 valence electrons. The summed E-state index contributed by atoms with van der Waals surface area (Å²) in [6.45, 7) is 7.40. The van der Waals surface area contributed by atoms with Gasteiger partial charge in [0.25, 0.3) is 0 Å². The van der Waals surface area contributed by atoms with E-state index in [1.807, 2.05) is 13.8 Å². The second-order valence-corrected chi connectivity index (χ2v) is 5.45. The quantitative estimate of drug-likeness (QED) is 0.822. The van der Waals surface area contributed by atoms with Crippen LogP contribution in [0.4, 0.5) is 5.69 Å². The Morgan fingerprint density at radius 3 is 2.79 bits per heavy atom. The molecule has 0 unspecified atom stereocenters. The summed E-state index contributed by atoms with van der Waals surface area (Å²) >= 11 is 5.95. The van der Waals surface area contributed by atoms with Crippen LogP contribution < -0.4 is 10.6 Å². The van der Waals surface area contributed by atoms with Crippen molar-refractivity contribution in [2.75, 3.05) is 31.5 Å². The van der Waals surface area contributed by atoms with Crippen molar-refractivity contribution in [1.82, 2.24) is 15.2 Å². The first-order valence-electron chi connectivity index (χ1n) is 6.39. The van der Waals surface area contributed by atoms with Crippen molar-refractivity contribution < 1.29 is 4.79 Å². The van der Waals surface area contributed by atoms with Gasteiger partial charge in [-0.25, -0.2) is 4.98 Å².